The summed E-state index contributed by atoms with van der Waals surface area (Å²) in [6, 6.07) is 8.12. The molecule has 0 spiro atoms. The molecule has 0 bridgehead atoms. The van der Waals surface area contributed by atoms with Crippen LogP contribution in [0, 0.1) is 0 Å². The molecule has 2 rings (SSSR count). The summed E-state index contributed by atoms with van der Waals surface area (Å²) in [6.45, 7) is 10.7. The maximum absolute atomic E-state index is 5.60. The Morgan fingerprint density at radius 3 is 2.37 bits per heavy atom. The molecule has 0 amide bonds. The van der Waals surface area contributed by atoms with Gasteiger partial charge in [-0.1, -0.05) is 12.2 Å². The third kappa shape index (κ3) is 3.67. The number of benzene rings is 1. The van der Waals surface area contributed by atoms with Crippen molar-refractivity contribution in [3.05, 3.63) is 29.8 Å². The van der Waals surface area contributed by atoms with E-state index in [0.29, 0.717) is 6.61 Å². The third-order valence-electron chi connectivity index (χ3n) is 3.67. The van der Waals surface area contributed by atoms with Gasteiger partial charge in [-0.3, -0.25) is 0 Å². The molecule has 0 aromatic heterocycles. The Hall–Kier alpha value is -1.13. The zero-order chi connectivity index (χ0) is 13.7. The van der Waals surface area contributed by atoms with Crippen LogP contribution in [0.25, 0.3) is 0 Å². The predicted molar refractivity (Wildman–Crippen MR) is 82.1 cm³/mol. The van der Waals surface area contributed by atoms with Gasteiger partial charge in [0.15, 0.2) is 0 Å². The maximum atomic E-state index is 5.60. The van der Waals surface area contributed by atoms with Gasteiger partial charge in [-0.15, -0.1) is 0 Å². The number of likely N-dealkylation sites (N-methyl/N-ethyl adjacent to an activating group) is 1. The van der Waals surface area contributed by atoms with Crippen molar-refractivity contribution in [1.29, 1.82) is 0 Å². The highest BCUT2D eigenvalue weighted by Crippen LogP contribution is 2.14. The van der Waals surface area contributed by atoms with Crippen molar-refractivity contribution in [2.45, 2.75) is 13.8 Å². The van der Waals surface area contributed by atoms with Crippen LogP contribution >= 0.6 is 12.2 Å². The summed E-state index contributed by atoms with van der Waals surface area (Å²) in [7, 11) is 0. The summed E-state index contributed by atoms with van der Waals surface area (Å²) in [5.41, 5.74) is 1.12. The number of hydrogen-bond donors (Lipinski definition) is 1. The fraction of sp³-hybridized carbons (Fsp3) is 0.533. The Labute approximate surface area is 121 Å². The normalized spacial score (nSPS) is 16.4. The number of rotatable bonds is 4. The average Bonchev–Trinajstić information content (AvgIpc) is 2.48. The van der Waals surface area contributed by atoms with Crippen LogP contribution in [0.15, 0.2) is 24.3 Å². The Morgan fingerprint density at radius 2 is 1.84 bits per heavy atom. The molecule has 1 saturated heterocycles. The van der Waals surface area contributed by atoms with Gasteiger partial charge in [0.2, 0.25) is 0 Å². The Kier molecular flexibility index (Phi) is 5.16. The minimum Gasteiger partial charge on any atom is -0.494 e. The van der Waals surface area contributed by atoms with E-state index in [1.165, 1.54) is 19.6 Å². The van der Waals surface area contributed by atoms with Gasteiger partial charge in [-0.05, 0) is 38.1 Å². The van der Waals surface area contributed by atoms with Crippen LogP contribution in [0.3, 0.4) is 0 Å². The largest absolute Gasteiger partial charge is 0.494 e. The summed E-state index contributed by atoms with van der Waals surface area (Å²) in [4.78, 5) is 4.97. The molecule has 0 saturated carbocycles. The first-order valence-corrected chi connectivity index (χ1v) is 7.51. The van der Waals surface area contributed by atoms with Crippen LogP contribution in [0.2, 0.25) is 0 Å². The molecule has 1 aliphatic rings. The highest BCUT2D eigenvalue weighted by Gasteiger charge is 2.20. The second kappa shape index (κ2) is 6.87. The Bertz CT molecular complexity index is 411. The average molecular weight is 279 g/mol. The molecule has 19 heavy (non-hydrogen) atoms. The Morgan fingerprint density at radius 1 is 1.21 bits per heavy atom. The van der Waals surface area contributed by atoms with Gasteiger partial charge < -0.3 is 14.5 Å². The Balaban J connectivity index is 1.96. The molecule has 4 heteroatoms. The summed E-state index contributed by atoms with van der Waals surface area (Å²) < 4.78 is 5.45. The summed E-state index contributed by atoms with van der Waals surface area (Å²) in [5.74, 6) is 0.911. The van der Waals surface area contributed by atoms with Crippen molar-refractivity contribution in [2.75, 3.05) is 39.3 Å². The number of nitrogens with one attached hydrogen (secondary N) is 1. The topological polar surface area (TPSA) is 16.9 Å². The molecule has 1 N–H and O–H groups in total. The molecular formula is C15H23N2OS+. The van der Waals surface area contributed by atoms with Gasteiger partial charge in [-0.25, -0.2) is 0 Å². The maximum Gasteiger partial charge on any atom is 0.119 e. The van der Waals surface area contributed by atoms with Crippen LogP contribution in [0.1, 0.15) is 19.4 Å². The van der Waals surface area contributed by atoms with Crippen molar-refractivity contribution < 1.29 is 9.64 Å². The lowest BCUT2D eigenvalue weighted by Gasteiger charge is -2.33. The number of nitrogens with zero attached hydrogens (tertiary/aromatic N) is 1. The first kappa shape index (κ1) is 14.3. The first-order chi connectivity index (χ1) is 9.24. The minimum atomic E-state index is 0.700. The highest BCUT2D eigenvalue weighted by atomic mass is 32.1. The third-order valence-corrected chi connectivity index (χ3v) is 4.16. The van der Waals surface area contributed by atoms with Crippen LogP contribution < -0.4 is 9.64 Å². The quantitative estimate of drug-likeness (QED) is 0.828. The molecule has 1 aliphatic heterocycles. The van der Waals surface area contributed by atoms with Crippen LogP contribution in [-0.2, 0) is 0 Å². The number of hydrogen-bond acceptors (Lipinski definition) is 2. The van der Waals surface area contributed by atoms with Crippen LogP contribution in [0.4, 0.5) is 0 Å². The fourth-order valence-corrected chi connectivity index (χ4v) is 2.74. The lowest BCUT2D eigenvalue weighted by Crippen LogP contribution is -3.14. The van der Waals surface area contributed by atoms with Crippen molar-refractivity contribution in [1.82, 2.24) is 4.90 Å². The van der Waals surface area contributed by atoms with E-state index in [9.17, 15) is 0 Å². The number of piperazine rings is 1. The molecule has 1 fully saturated rings. The monoisotopic (exact) mass is 279 g/mol. The van der Waals surface area contributed by atoms with E-state index in [4.69, 9.17) is 17.0 Å². The van der Waals surface area contributed by atoms with Crippen LogP contribution in [-0.4, -0.2) is 49.2 Å². The molecular weight excluding hydrogens is 256 g/mol. The zero-order valence-electron chi connectivity index (χ0n) is 11.8. The van der Waals surface area contributed by atoms with E-state index in [0.717, 1.165) is 29.4 Å². The smallest absolute Gasteiger partial charge is 0.119 e. The molecule has 0 atom stereocenters. The molecule has 104 valence electrons. The summed E-state index contributed by atoms with van der Waals surface area (Å²) >= 11 is 5.60. The minimum absolute atomic E-state index is 0.700. The highest BCUT2D eigenvalue weighted by molar-refractivity contribution is 7.80. The molecule has 0 radical (unpaired) electrons. The van der Waals surface area contributed by atoms with Crippen LogP contribution in [0.5, 0.6) is 5.75 Å². The van der Waals surface area contributed by atoms with Gasteiger partial charge >= 0.3 is 0 Å². The summed E-state index contributed by atoms with van der Waals surface area (Å²) in [6.07, 6.45) is 0. The van der Waals surface area contributed by atoms with Gasteiger partial charge in [0.05, 0.1) is 39.3 Å². The molecule has 1 heterocycles. The number of quaternary nitrogens is 1. The van der Waals surface area contributed by atoms with E-state index in [2.05, 4.69) is 24.0 Å². The predicted octanol–water partition coefficient (Wildman–Crippen LogP) is 0.981. The number of thiocarbonyl (C=S) groups is 1. The molecule has 0 unspecified atom stereocenters. The second-order valence-electron chi connectivity index (χ2n) is 4.85. The van der Waals surface area contributed by atoms with E-state index >= 15 is 0 Å². The second-order valence-corrected chi connectivity index (χ2v) is 5.24. The van der Waals surface area contributed by atoms with Gasteiger partial charge in [-0.2, -0.15) is 0 Å². The molecule has 1 aromatic carbocycles. The van der Waals surface area contributed by atoms with Crippen molar-refractivity contribution in [2.24, 2.45) is 0 Å². The SMILES string of the molecule is CCOc1ccc(C(=S)N2CC[NH+](CC)CC2)cc1. The standard InChI is InChI=1S/C15H22N2OS/c1-3-16-9-11-17(12-10-16)15(19)13-5-7-14(8-6-13)18-4-2/h5-8H,3-4,9-12H2,1-2H3/p+1. The molecule has 3 nitrogen and oxygen atoms in total. The van der Waals surface area contributed by atoms with Gasteiger partial charge in [0, 0.05) is 5.56 Å². The van der Waals surface area contributed by atoms with Crippen molar-refractivity contribution in [3.8, 4) is 5.75 Å². The van der Waals surface area contributed by atoms with Gasteiger partial charge in [0.25, 0.3) is 0 Å². The molecule has 0 aliphatic carbocycles. The lowest BCUT2D eigenvalue weighted by molar-refractivity contribution is -0.902. The van der Waals surface area contributed by atoms with Crippen molar-refractivity contribution >= 4 is 17.2 Å². The summed E-state index contributed by atoms with van der Waals surface area (Å²) in [5, 5.41) is 0. The van der Waals surface area contributed by atoms with Crippen molar-refractivity contribution in [3.63, 3.8) is 0 Å². The van der Waals surface area contributed by atoms with E-state index < -0.39 is 0 Å². The first-order valence-electron chi connectivity index (χ1n) is 7.10. The van der Waals surface area contributed by atoms with E-state index in [-0.39, 0.29) is 0 Å². The zero-order valence-corrected chi connectivity index (χ0v) is 12.6. The van der Waals surface area contributed by atoms with E-state index in [1.807, 2.05) is 19.1 Å². The van der Waals surface area contributed by atoms with E-state index in [1.54, 1.807) is 4.90 Å². The molecule has 1 aromatic rings. The van der Waals surface area contributed by atoms with Gasteiger partial charge in [0.1, 0.15) is 10.7 Å². The number of ether oxygens (including phenoxy) is 1. The lowest BCUT2D eigenvalue weighted by atomic mass is 10.2. The fourth-order valence-electron chi connectivity index (χ4n) is 2.42.